The molecule has 1 N–H and O–H groups in total. The lowest BCUT2D eigenvalue weighted by Gasteiger charge is -2.15. The zero-order valence-corrected chi connectivity index (χ0v) is 13.6. The van der Waals surface area contributed by atoms with E-state index in [0.29, 0.717) is 16.4 Å². The number of anilines is 1. The summed E-state index contributed by atoms with van der Waals surface area (Å²) in [5, 5.41) is 3.46. The van der Waals surface area contributed by atoms with Gasteiger partial charge in [-0.05, 0) is 37.3 Å². The lowest BCUT2D eigenvalue weighted by molar-refractivity contribution is -0.116. The Morgan fingerprint density at radius 3 is 2.71 bits per heavy atom. The first-order chi connectivity index (χ1) is 11.5. The lowest BCUT2D eigenvalue weighted by atomic mass is 10.1. The number of benzene rings is 2. The number of halogens is 2. The van der Waals surface area contributed by atoms with Gasteiger partial charge in [-0.2, -0.15) is 0 Å². The highest BCUT2D eigenvalue weighted by atomic mass is 35.5. The summed E-state index contributed by atoms with van der Waals surface area (Å²) in [6, 6.07) is 12.4. The van der Waals surface area contributed by atoms with E-state index in [1.54, 1.807) is 37.3 Å². The fraction of sp³-hybridized carbons (Fsp3) is 0.111. The molecule has 1 aromatic heterocycles. The summed E-state index contributed by atoms with van der Waals surface area (Å²) in [7, 11) is 0. The van der Waals surface area contributed by atoms with Crippen LogP contribution in [0.5, 0.6) is 0 Å². The van der Waals surface area contributed by atoms with E-state index in [1.807, 2.05) is 0 Å². The second-order valence-corrected chi connectivity index (χ2v) is 5.87. The Balaban J connectivity index is 1.98. The van der Waals surface area contributed by atoms with Gasteiger partial charge in [-0.3, -0.25) is 9.59 Å². The van der Waals surface area contributed by atoms with Crippen molar-refractivity contribution in [2.75, 3.05) is 5.32 Å². The van der Waals surface area contributed by atoms with E-state index >= 15 is 0 Å². The molecule has 0 aliphatic carbocycles. The van der Waals surface area contributed by atoms with Crippen LogP contribution in [-0.4, -0.2) is 10.5 Å². The Bertz CT molecular complexity index is 998. The summed E-state index contributed by atoms with van der Waals surface area (Å²) in [6.07, 6.45) is 0. The van der Waals surface area contributed by atoms with Crippen molar-refractivity contribution in [3.63, 3.8) is 0 Å². The van der Waals surface area contributed by atoms with Crippen molar-refractivity contribution in [2.24, 2.45) is 0 Å². The van der Waals surface area contributed by atoms with Gasteiger partial charge in [-0.25, -0.2) is 4.39 Å². The minimum Gasteiger partial charge on any atom is -0.333 e. The number of rotatable bonds is 3. The zero-order chi connectivity index (χ0) is 17.3. The number of aryl methyl sites for hydroxylation is 1. The van der Waals surface area contributed by atoms with Crippen LogP contribution in [0.3, 0.4) is 0 Å². The number of carbonyl (C=O) groups is 1. The van der Waals surface area contributed by atoms with E-state index in [-0.39, 0.29) is 28.8 Å². The zero-order valence-electron chi connectivity index (χ0n) is 12.8. The molecule has 3 rings (SSSR count). The third kappa shape index (κ3) is 3.16. The van der Waals surface area contributed by atoms with Crippen LogP contribution in [0.2, 0.25) is 5.02 Å². The number of hydrogen-bond donors (Lipinski definition) is 1. The van der Waals surface area contributed by atoms with Crippen molar-refractivity contribution in [1.29, 1.82) is 0 Å². The third-order valence-electron chi connectivity index (χ3n) is 3.70. The third-order valence-corrected chi connectivity index (χ3v) is 3.93. The monoisotopic (exact) mass is 344 g/mol. The standard InChI is InChI=1S/C18H14ClFN2O2/c1-11-8-16(23)14-6-3-7-15(20)18(14)22(11)10-17(24)21-13-5-2-4-12(19)9-13/h2-9H,10H2,1H3,(H,21,24). The van der Waals surface area contributed by atoms with E-state index in [1.165, 1.54) is 22.8 Å². The van der Waals surface area contributed by atoms with Crippen molar-refractivity contribution in [3.8, 4) is 0 Å². The van der Waals surface area contributed by atoms with Gasteiger partial charge in [0.15, 0.2) is 5.43 Å². The molecule has 0 bridgehead atoms. The van der Waals surface area contributed by atoms with Crippen molar-refractivity contribution >= 4 is 34.1 Å². The van der Waals surface area contributed by atoms with Gasteiger partial charge in [0.05, 0.1) is 5.52 Å². The smallest absolute Gasteiger partial charge is 0.244 e. The van der Waals surface area contributed by atoms with Gasteiger partial charge < -0.3 is 9.88 Å². The average Bonchev–Trinajstić information content (AvgIpc) is 2.51. The molecule has 4 nitrogen and oxygen atoms in total. The molecule has 0 unspecified atom stereocenters. The number of nitrogens with one attached hydrogen (secondary N) is 1. The fourth-order valence-electron chi connectivity index (χ4n) is 2.62. The van der Waals surface area contributed by atoms with Gasteiger partial charge >= 0.3 is 0 Å². The first kappa shape index (κ1) is 16.2. The van der Waals surface area contributed by atoms with Crippen LogP contribution >= 0.6 is 11.6 Å². The van der Waals surface area contributed by atoms with Crippen LogP contribution in [-0.2, 0) is 11.3 Å². The van der Waals surface area contributed by atoms with Gasteiger partial charge in [-0.15, -0.1) is 0 Å². The Morgan fingerprint density at radius 2 is 1.96 bits per heavy atom. The molecule has 1 heterocycles. The van der Waals surface area contributed by atoms with Gasteiger partial charge in [0.25, 0.3) is 0 Å². The predicted octanol–water partition coefficient (Wildman–Crippen LogP) is 3.74. The van der Waals surface area contributed by atoms with E-state index < -0.39 is 5.82 Å². The highest BCUT2D eigenvalue weighted by Gasteiger charge is 2.13. The molecule has 2 aromatic carbocycles. The molecule has 0 aliphatic rings. The SMILES string of the molecule is Cc1cc(=O)c2cccc(F)c2n1CC(=O)Nc1cccc(Cl)c1. The summed E-state index contributed by atoms with van der Waals surface area (Å²) in [6.45, 7) is 1.55. The lowest BCUT2D eigenvalue weighted by Crippen LogP contribution is -2.22. The van der Waals surface area contributed by atoms with Gasteiger partial charge in [-0.1, -0.05) is 23.7 Å². The van der Waals surface area contributed by atoms with Gasteiger partial charge in [0, 0.05) is 27.9 Å². The molecule has 122 valence electrons. The molecule has 0 saturated heterocycles. The first-order valence-electron chi connectivity index (χ1n) is 7.30. The molecule has 24 heavy (non-hydrogen) atoms. The number of para-hydroxylation sites is 1. The maximum absolute atomic E-state index is 14.2. The maximum atomic E-state index is 14.2. The largest absolute Gasteiger partial charge is 0.333 e. The second-order valence-electron chi connectivity index (χ2n) is 5.43. The molecule has 0 atom stereocenters. The summed E-state index contributed by atoms with van der Waals surface area (Å²) in [5.41, 5.74) is 0.923. The van der Waals surface area contributed by atoms with E-state index in [9.17, 15) is 14.0 Å². The van der Waals surface area contributed by atoms with Crippen LogP contribution in [0, 0.1) is 12.7 Å². The van der Waals surface area contributed by atoms with E-state index in [0.717, 1.165) is 0 Å². The highest BCUT2D eigenvalue weighted by molar-refractivity contribution is 6.30. The molecule has 0 fully saturated rings. The van der Waals surface area contributed by atoms with Crippen LogP contribution in [0.1, 0.15) is 5.69 Å². The molecular formula is C18H14ClFN2O2. The molecule has 1 amide bonds. The van der Waals surface area contributed by atoms with E-state index in [2.05, 4.69) is 5.32 Å². The summed E-state index contributed by atoms with van der Waals surface area (Å²) in [4.78, 5) is 24.3. The number of fused-ring (bicyclic) bond motifs is 1. The normalized spacial score (nSPS) is 10.8. The highest BCUT2D eigenvalue weighted by Crippen LogP contribution is 2.18. The van der Waals surface area contributed by atoms with Crippen molar-refractivity contribution in [2.45, 2.75) is 13.5 Å². The van der Waals surface area contributed by atoms with Crippen molar-refractivity contribution in [3.05, 3.63) is 75.3 Å². The topological polar surface area (TPSA) is 51.1 Å². The molecule has 0 saturated carbocycles. The molecule has 3 aromatic rings. The van der Waals surface area contributed by atoms with Gasteiger partial charge in [0.1, 0.15) is 12.4 Å². The van der Waals surface area contributed by atoms with Crippen molar-refractivity contribution < 1.29 is 9.18 Å². The van der Waals surface area contributed by atoms with Crippen LogP contribution in [0.4, 0.5) is 10.1 Å². The molecule has 0 aliphatic heterocycles. The van der Waals surface area contributed by atoms with Crippen LogP contribution in [0.15, 0.2) is 53.3 Å². The minimum absolute atomic E-state index is 0.115. The first-order valence-corrected chi connectivity index (χ1v) is 7.67. The minimum atomic E-state index is -0.538. The summed E-state index contributed by atoms with van der Waals surface area (Å²) >= 11 is 5.89. The number of nitrogens with zero attached hydrogens (tertiary/aromatic N) is 1. The van der Waals surface area contributed by atoms with Crippen molar-refractivity contribution in [1.82, 2.24) is 4.57 Å². The Hall–Kier alpha value is -2.66. The number of hydrogen-bond acceptors (Lipinski definition) is 2. The molecule has 0 spiro atoms. The van der Waals surface area contributed by atoms with E-state index in [4.69, 9.17) is 11.6 Å². The Kier molecular flexibility index (Phi) is 4.36. The maximum Gasteiger partial charge on any atom is 0.244 e. The number of aromatic nitrogens is 1. The molecule has 6 heteroatoms. The average molecular weight is 345 g/mol. The second kappa shape index (κ2) is 6.45. The quantitative estimate of drug-likeness (QED) is 0.787. The number of pyridine rings is 1. The summed E-state index contributed by atoms with van der Waals surface area (Å²) in [5.74, 6) is -0.877. The molecule has 0 radical (unpaired) electrons. The van der Waals surface area contributed by atoms with Gasteiger partial charge in [0.2, 0.25) is 5.91 Å². The Morgan fingerprint density at radius 1 is 1.21 bits per heavy atom. The number of amides is 1. The predicted molar refractivity (Wildman–Crippen MR) is 93.0 cm³/mol. The summed E-state index contributed by atoms with van der Waals surface area (Å²) < 4.78 is 15.7. The molecular weight excluding hydrogens is 331 g/mol. The van der Waals surface area contributed by atoms with Crippen LogP contribution in [0.25, 0.3) is 10.9 Å². The number of carbonyl (C=O) groups excluding carboxylic acids is 1. The fourth-order valence-corrected chi connectivity index (χ4v) is 2.81. The van der Waals surface area contributed by atoms with Crippen LogP contribution < -0.4 is 10.7 Å². The Labute approximate surface area is 142 Å².